The van der Waals surface area contributed by atoms with E-state index >= 15 is 0 Å². The number of carbonyl (C=O) groups excluding carboxylic acids is 1. The Hall–Kier alpha value is -2.21. The zero-order valence-corrected chi connectivity index (χ0v) is 14.5. The lowest BCUT2D eigenvalue weighted by Gasteiger charge is -2.34. The first-order valence-electron chi connectivity index (χ1n) is 7.70. The van der Waals surface area contributed by atoms with Gasteiger partial charge in [-0.25, -0.2) is 9.59 Å². The fourth-order valence-electron chi connectivity index (χ4n) is 3.03. The van der Waals surface area contributed by atoms with Gasteiger partial charge in [-0.2, -0.15) is 0 Å². The fraction of sp³-hybridized carbons (Fsp3) is 0.412. The average Bonchev–Trinajstić information content (AvgIpc) is 2.81. The van der Waals surface area contributed by atoms with Crippen LogP contribution in [-0.2, 0) is 16.0 Å². The number of halogens is 1. The standard InChI is InChI=1S/C17H19ClN2O4/c1-17(2,3)24-16(23)20-7-6-10-11-8-9(18)4-5-12(11)19-13(10)14(20)15(21)22/h4-5,8,14,19H,6-7H2,1-3H3,(H,21,22). The third-order valence-electron chi connectivity index (χ3n) is 3.95. The number of aliphatic carboxylic acids is 1. The quantitative estimate of drug-likeness (QED) is 0.820. The first kappa shape index (κ1) is 16.6. The third-order valence-corrected chi connectivity index (χ3v) is 4.19. The zero-order valence-electron chi connectivity index (χ0n) is 13.7. The van der Waals surface area contributed by atoms with Crippen molar-refractivity contribution in [1.29, 1.82) is 0 Å². The van der Waals surface area contributed by atoms with Gasteiger partial charge < -0.3 is 14.8 Å². The molecule has 2 heterocycles. The number of aromatic amines is 1. The van der Waals surface area contributed by atoms with Gasteiger partial charge in [0.1, 0.15) is 5.60 Å². The lowest BCUT2D eigenvalue weighted by molar-refractivity contribution is -0.144. The molecule has 7 heteroatoms. The van der Waals surface area contributed by atoms with E-state index in [1.165, 1.54) is 4.90 Å². The predicted molar refractivity (Wildman–Crippen MR) is 90.3 cm³/mol. The molecule has 128 valence electrons. The smallest absolute Gasteiger partial charge is 0.411 e. The molecule has 1 atom stereocenters. The Bertz CT molecular complexity index is 822. The van der Waals surface area contributed by atoms with Gasteiger partial charge in [0.2, 0.25) is 0 Å². The van der Waals surface area contributed by atoms with Crippen LogP contribution in [0.2, 0.25) is 5.02 Å². The number of nitrogens with one attached hydrogen (secondary N) is 1. The monoisotopic (exact) mass is 350 g/mol. The van der Waals surface area contributed by atoms with Gasteiger partial charge in [-0.1, -0.05) is 11.6 Å². The highest BCUT2D eigenvalue weighted by Gasteiger charge is 2.40. The normalized spacial score (nSPS) is 17.7. The number of nitrogens with zero attached hydrogens (tertiary/aromatic N) is 1. The summed E-state index contributed by atoms with van der Waals surface area (Å²) in [6.07, 6.45) is -0.0872. The fourth-order valence-corrected chi connectivity index (χ4v) is 3.21. The molecule has 0 saturated heterocycles. The van der Waals surface area contributed by atoms with Gasteiger partial charge in [0, 0.05) is 22.5 Å². The van der Waals surface area contributed by atoms with Crippen molar-refractivity contribution in [2.75, 3.05) is 6.54 Å². The summed E-state index contributed by atoms with van der Waals surface area (Å²) in [6.45, 7) is 5.53. The molecule has 1 unspecified atom stereocenters. The molecule has 2 N–H and O–H groups in total. The van der Waals surface area contributed by atoms with E-state index in [0.29, 0.717) is 17.1 Å². The van der Waals surface area contributed by atoms with Crippen molar-refractivity contribution in [1.82, 2.24) is 9.88 Å². The summed E-state index contributed by atoms with van der Waals surface area (Å²) in [4.78, 5) is 28.6. The Morgan fingerprint density at radius 2 is 2.08 bits per heavy atom. The van der Waals surface area contributed by atoms with Gasteiger partial charge >= 0.3 is 12.1 Å². The number of rotatable bonds is 1. The van der Waals surface area contributed by atoms with Gasteiger partial charge in [0.15, 0.2) is 6.04 Å². The number of H-pyrrole nitrogens is 1. The molecule has 2 aromatic rings. The van der Waals surface area contributed by atoms with Crippen LogP contribution in [-0.4, -0.2) is 39.2 Å². The van der Waals surface area contributed by atoms with Crippen LogP contribution in [0.15, 0.2) is 18.2 Å². The predicted octanol–water partition coefficient (Wildman–Crippen LogP) is 3.74. The Morgan fingerprint density at radius 1 is 1.38 bits per heavy atom. The number of benzene rings is 1. The van der Waals surface area contributed by atoms with Gasteiger partial charge in [-0.05, 0) is 51.0 Å². The molecule has 0 radical (unpaired) electrons. The minimum Gasteiger partial charge on any atom is -0.479 e. The molecule has 24 heavy (non-hydrogen) atoms. The molecule has 1 aromatic heterocycles. The maximum absolute atomic E-state index is 12.4. The molecular weight excluding hydrogens is 332 g/mol. The van der Waals surface area contributed by atoms with Crippen molar-refractivity contribution >= 4 is 34.6 Å². The second-order valence-electron chi connectivity index (χ2n) is 6.87. The van der Waals surface area contributed by atoms with Crippen molar-refractivity contribution in [3.8, 4) is 0 Å². The van der Waals surface area contributed by atoms with Crippen LogP contribution in [0.25, 0.3) is 10.9 Å². The molecule has 0 bridgehead atoms. The summed E-state index contributed by atoms with van der Waals surface area (Å²) in [5.74, 6) is -1.10. The van der Waals surface area contributed by atoms with Crippen LogP contribution in [0.1, 0.15) is 38.1 Å². The minimum absolute atomic E-state index is 0.276. The van der Waals surface area contributed by atoms with Crippen LogP contribution in [0, 0.1) is 0 Å². The second-order valence-corrected chi connectivity index (χ2v) is 7.31. The Balaban J connectivity index is 2.05. The van der Waals surface area contributed by atoms with Gasteiger partial charge in [0.25, 0.3) is 0 Å². The minimum atomic E-state index is -1.10. The summed E-state index contributed by atoms with van der Waals surface area (Å²) >= 11 is 6.05. The van der Waals surface area contributed by atoms with Gasteiger partial charge in [-0.15, -0.1) is 0 Å². The molecular formula is C17H19ClN2O4. The molecule has 0 saturated carbocycles. The van der Waals surface area contributed by atoms with Crippen LogP contribution in [0.4, 0.5) is 4.79 Å². The Labute approximate surface area is 144 Å². The molecule has 1 aliphatic heterocycles. The number of ether oxygens (including phenoxy) is 1. The summed E-state index contributed by atoms with van der Waals surface area (Å²) in [5.41, 5.74) is 1.52. The van der Waals surface area contributed by atoms with E-state index in [-0.39, 0.29) is 6.54 Å². The average molecular weight is 351 g/mol. The SMILES string of the molecule is CC(C)(C)OC(=O)N1CCc2c([nH]c3ccc(Cl)cc23)C1C(=O)O. The zero-order chi connectivity index (χ0) is 17.6. The van der Waals surface area contributed by atoms with E-state index in [2.05, 4.69) is 4.98 Å². The van der Waals surface area contributed by atoms with Crippen LogP contribution < -0.4 is 0 Å². The lowest BCUT2D eigenvalue weighted by Crippen LogP contribution is -2.45. The maximum Gasteiger partial charge on any atom is 0.411 e. The number of fused-ring (bicyclic) bond motifs is 3. The van der Waals surface area contributed by atoms with E-state index in [1.807, 2.05) is 12.1 Å². The van der Waals surface area contributed by atoms with Crippen molar-refractivity contribution < 1.29 is 19.4 Å². The van der Waals surface area contributed by atoms with Crippen molar-refractivity contribution in [2.24, 2.45) is 0 Å². The molecule has 6 nitrogen and oxygen atoms in total. The summed E-state index contributed by atoms with van der Waals surface area (Å²) < 4.78 is 5.35. The molecule has 1 amide bonds. The van der Waals surface area contributed by atoms with E-state index in [0.717, 1.165) is 16.5 Å². The summed E-state index contributed by atoms with van der Waals surface area (Å²) in [7, 11) is 0. The number of carbonyl (C=O) groups is 2. The highest BCUT2D eigenvalue weighted by molar-refractivity contribution is 6.31. The number of carboxylic acid groups (broad SMARTS) is 1. The highest BCUT2D eigenvalue weighted by atomic mass is 35.5. The second kappa shape index (κ2) is 5.70. The first-order chi connectivity index (χ1) is 11.2. The molecule has 1 aromatic carbocycles. The molecule has 0 spiro atoms. The van der Waals surface area contributed by atoms with Crippen LogP contribution in [0.5, 0.6) is 0 Å². The number of amides is 1. The van der Waals surface area contributed by atoms with E-state index in [9.17, 15) is 14.7 Å². The van der Waals surface area contributed by atoms with Crippen molar-refractivity contribution in [3.05, 3.63) is 34.5 Å². The highest BCUT2D eigenvalue weighted by Crippen LogP contribution is 2.36. The summed E-state index contributed by atoms with van der Waals surface area (Å²) in [5, 5.41) is 11.2. The van der Waals surface area contributed by atoms with Crippen molar-refractivity contribution in [3.63, 3.8) is 0 Å². The number of carboxylic acids is 1. The Kier molecular flexibility index (Phi) is 3.95. The Morgan fingerprint density at radius 3 is 2.71 bits per heavy atom. The molecule has 3 rings (SSSR count). The first-order valence-corrected chi connectivity index (χ1v) is 8.07. The van der Waals surface area contributed by atoms with E-state index < -0.39 is 23.7 Å². The summed E-state index contributed by atoms with van der Waals surface area (Å²) in [6, 6.07) is 4.27. The number of hydrogen-bond acceptors (Lipinski definition) is 3. The van der Waals surface area contributed by atoms with Crippen molar-refractivity contribution in [2.45, 2.75) is 38.8 Å². The van der Waals surface area contributed by atoms with E-state index in [4.69, 9.17) is 16.3 Å². The van der Waals surface area contributed by atoms with Crippen LogP contribution in [0.3, 0.4) is 0 Å². The van der Waals surface area contributed by atoms with E-state index in [1.54, 1.807) is 26.8 Å². The third kappa shape index (κ3) is 2.94. The van der Waals surface area contributed by atoms with Crippen LogP contribution >= 0.6 is 11.6 Å². The van der Waals surface area contributed by atoms with Gasteiger partial charge in [0.05, 0.1) is 5.69 Å². The maximum atomic E-state index is 12.4. The molecule has 1 aliphatic rings. The molecule has 0 fully saturated rings. The lowest BCUT2D eigenvalue weighted by atomic mass is 9.97. The molecule has 0 aliphatic carbocycles. The number of aromatic nitrogens is 1. The topological polar surface area (TPSA) is 82.6 Å². The number of hydrogen-bond donors (Lipinski definition) is 2. The largest absolute Gasteiger partial charge is 0.479 e. The van der Waals surface area contributed by atoms with Gasteiger partial charge in [-0.3, -0.25) is 4.90 Å².